The predicted molar refractivity (Wildman–Crippen MR) is 63.7 cm³/mol. The Hall–Kier alpha value is -0.520. The lowest BCUT2D eigenvalue weighted by Crippen LogP contribution is -2.47. The minimum absolute atomic E-state index is 0.868. The second-order valence-electron chi connectivity index (χ2n) is 4.31. The lowest BCUT2D eigenvalue weighted by molar-refractivity contribution is 0.0461. The number of likely N-dealkylation sites (tertiary alicyclic amines) is 1. The van der Waals surface area contributed by atoms with Crippen molar-refractivity contribution in [2.75, 3.05) is 32.8 Å². The molecule has 1 saturated heterocycles. The standard InChI is InChI=1S/C13H23NO/c1-3-5-6-7-9-15-10-8-14-11-13(4-2)12-14/h1,13H,4-12H2,2H3. The molecule has 0 N–H and O–H groups in total. The minimum Gasteiger partial charge on any atom is -0.380 e. The number of unbranched alkanes of at least 4 members (excludes halogenated alkanes) is 2. The summed E-state index contributed by atoms with van der Waals surface area (Å²) in [4.78, 5) is 2.47. The van der Waals surface area contributed by atoms with Crippen molar-refractivity contribution in [2.24, 2.45) is 5.92 Å². The van der Waals surface area contributed by atoms with Crippen molar-refractivity contribution in [3.05, 3.63) is 0 Å². The van der Waals surface area contributed by atoms with Crippen LogP contribution in [0.15, 0.2) is 0 Å². The number of nitrogens with zero attached hydrogens (tertiary/aromatic N) is 1. The molecule has 0 saturated carbocycles. The molecule has 0 unspecified atom stereocenters. The summed E-state index contributed by atoms with van der Waals surface area (Å²) in [5.74, 6) is 3.59. The van der Waals surface area contributed by atoms with Gasteiger partial charge >= 0.3 is 0 Å². The van der Waals surface area contributed by atoms with Crippen molar-refractivity contribution >= 4 is 0 Å². The summed E-state index contributed by atoms with van der Waals surface area (Å²) >= 11 is 0. The SMILES string of the molecule is C#CCCCCOCCN1CC(CC)C1. The molecule has 0 atom stereocenters. The second kappa shape index (κ2) is 7.73. The van der Waals surface area contributed by atoms with Crippen LogP contribution in [0.4, 0.5) is 0 Å². The molecule has 0 aliphatic carbocycles. The van der Waals surface area contributed by atoms with Crippen molar-refractivity contribution in [1.29, 1.82) is 0 Å². The van der Waals surface area contributed by atoms with Gasteiger partial charge in [0.25, 0.3) is 0 Å². The third-order valence-electron chi connectivity index (χ3n) is 3.02. The van der Waals surface area contributed by atoms with Crippen LogP contribution in [0.1, 0.15) is 32.6 Å². The number of terminal acetylenes is 1. The van der Waals surface area contributed by atoms with Crippen molar-refractivity contribution < 1.29 is 4.74 Å². The summed E-state index contributed by atoms with van der Waals surface area (Å²) in [5, 5.41) is 0. The average molecular weight is 209 g/mol. The molecule has 1 heterocycles. The Bertz CT molecular complexity index is 191. The van der Waals surface area contributed by atoms with Crippen LogP contribution >= 0.6 is 0 Å². The minimum atomic E-state index is 0.868. The van der Waals surface area contributed by atoms with E-state index in [1.54, 1.807) is 0 Å². The Kier molecular flexibility index (Phi) is 6.47. The summed E-state index contributed by atoms with van der Waals surface area (Å²) in [7, 11) is 0. The van der Waals surface area contributed by atoms with Crippen LogP contribution in [0.2, 0.25) is 0 Å². The topological polar surface area (TPSA) is 12.5 Å². The third kappa shape index (κ3) is 5.20. The third-order valence-corrected chi connectivity index (χ3v) is 3.02. The highest BCUT2D eigenvalue weighted by Gasteiger charge is 2.23. The first-order valence-electron chi connectivity index (χ1n) is 6.10. The smallest absolute Gasteiger partial charge is 0.0593 e. The van der Waals surface area contributed by atoms with Gasteiger partial charge in [-0.05, 0) is 18.8 Å². The molecule has 0 aromatic heterocycles. The molecule has 0 aromatic rings. The summed E-state index contributed by atoms with van der Waals surface area (Å²) in [5.41, 5.74) is 0. The summed E-state index contributed by atoms with van der Waals surface area (Å²) in [6.07, 6.45) is 9.56. The van der Waals surface area contributed by atoms with Crippen LogP contribution < -0.4 is 0 Å². The van der Waals surface area contributed by atoms with Gasteiger partial charge in [-0.15, -0.1) is 12.3 Å². The zero-order valence-corrected chi connectivity index (χ0v) is 9.87. The fourth-order valence-corrected chi connectivity index (χ4v) is 1.84. The molecule has 1 rings (SSSR count). The van der Waals surface area contributed by atoms with Crippen molar-refractivity contribution in [1.82, 2.24) is 4.90 Å². The largest absolute Gasteiger partial charge is 0.380 e. The molecule has 1 aliphatic heterocycles. The van der Waals surface area contributed by atoms with E-state index in [2.05, 4.69) is 17.7 Å². The monoisotopic (exact) mass is 209 g/mol. The summed E-state index contributed by atoms with van der Waals surface area (Å²) in [6, 6.07) is 0. The Morgan fingerprint density at radius 3 is 2.80 bits per heavy atom. The fraction of sp³-hybridized carbons (Fsp3) is 0.846. The van der Waals surface area contributed by atoms with Gasteiger partial charge in [-0.25, -0.2) is 0 Å². The van der Waals surface area contributed by atoms with Gasteiger partial charge in [0.2, 0.25) is 0 Å². The molecule has 15 heavy (non-hydrogen) atoms. The van der Waals surface area contributed by atoms with Crippen LogP contribution in [-0.4, -0.2) is 37.7 Å². The average Bonchev–Trinajstić information content (AvgIpc) is 2.19. The van der Waals surface area contributed by atoms with E-state index in [0.717, 1.165) is 44.9 Å². The Balaban J connectivity index is 1.77. The van der Waals surface area contributed by atoms with E-state index in [9.17, 15) is 0 Å². The lowest BCUT2D eigenvalue weighted by atomic mass is 9.98. The molecule has 0 bridgehead atoms. The molecule has 2 nitrogen and oxygen atoms in total. The highest BCUT2D eigenvalue weighted by atomic mass is 16.5. The quantitative estimate of drug-likeness (QED) is 0.448. The molecule has 1 fully saturated rings. The summed E-state index contributed by atoms with van der Waals surface area (Å²) < 4.78 is 5.55. The van der Waals surface area contributed by atoms with Crippen LogP contribution in [-0.2, 0) is 4.74 Å². The van der Waals surface area contributed by atoms with Crippen LogP contribution in [0.5, 0.6) is 0 Å². The number of hydrogen-bond acceptors (Lipinski definition) is 2. The summed E-state index contributed by atoms with van der Waals surface area (Å²) in [6.45, 7) is 7.67. The van der Waals surface area contributed by atoms with Crippen molar-refractivity contribution in [3.8, 4) is 12.3 Å². The second-order valence-corrected chi connectivity index (χ2v) is 4.31. The van der Waals surface area contributed by atoms with Gasteiger partial charge in [0.05, 0.1) is 6.61 Å². The number of ether oxygens (including phenoxy) is 1. The van der Waals surface area contributed by atoms with Crippen molar-refractivity contribution in [2.45, 2.75) is 32.6 Å². The molecule has 0 radical (unpaired) electrons. The van der Waals surface area contributed by atoms with Gasteiger partial charge in [0, 0.05) is 32.7 Å². The Morgan fingerprint density at radius 2 is 2.13 bits per heavy atom. The number of rotatable bonds is 8. The molecule has 2 heteroatoms. The van der Waals surface area contributed by atoms with E-state index in [1.807, 2.05) is 0 Å². The van der Waals surface area contributed by atoms with Crippen molar-refractivity contribution in [3.63, 3.8) is 0 Å². The molecular formula is C13H23NO. The van der Waals surface area contributed by atoms with E-state index in [1.165, 1.54) is 19.5 Å². The molecule has 0 aromatic carbocycles. The first-order chi connectivity index (χ1) is 7.36. The van der Waals surface area contributed by atoms with Gasteiger partial charge in [-0.3, -0.25) is 0 Å². The predicted octanol–water partition coefficient (Wildman–Crippen LogP) is 2.15. The highest BCUT2D eigenvalue weighted by molar-refractivity contribution is 4.82. The first-order valence-corrected chi connectivity index (χ1v) is 6.10. The van der Waals surface area contributed by atoms with Gasteiger partial charge in [-0.1, -0.05) is 13.3 Å². The molecule has 1 aliphatic rings. The first kappa shape index (κ1) is 12.5. The highest BCUT2D eigenvalue weighted by Crippen LogP contribution is 2.17. The van der Waals surface area contributed by atoms with Crippen LogP contribution in [0, 0.1) is 18.3 Å². The molecule has 0 spiro atoms. The maximum absolute atomic E-state index is 5.55. The van der Waals surface area contributed by atoms with Gasteiger partial charge in [-0.2, -0.15) is 0 Å². The zero-order chi connectivity index (χ0) is 10.9. The van der Waals surface area contributed by atoms with E-state index >= 15 is 0 Å². The lowest BCUT2D eigenvalue weighted by Gasteiger charge is -2.38. The molecule has 86 valence electrons. The van der Waals surface area contributed by atoms with Gasteiger partial charge < -0.3 is 9.64 Å². The normalized spacial score (nSPS) is 17.3. The molecule has 0 amide bonds. The van der Waals surface area contributed by atoms with Crippen LogP contribution in [0.25, 0.3) is 0 Å². The molecular weight excluding hydrogens is 186 g/mol. The van der Waals surface area contributed by atoms with E-state index in [0.29, 0.717) is 0 Å². The number of hydrogen-bond donors (Lipinski definition) is 0. The zero-order valence-electron chi connectivity index (χ0n) is 9.87. The van der Waals surface area contributed by atoms with E-state index in [-0.39, 0.29) is 0 Å². The fourth-order valence-electron chi connectivity index (χ4n) is 1.84. The Labute approximate surface area is 94.0 Å². The Morgan fingerprint density at radius 1 is 1.33 bits per heavy atom. The van der Waals surface area contributed by atoms with Crippen LogP contribution in [0.3, 0.4) is 0 Å². The van der Waals surface area contributed by atoms with E-state index in [4.69, 9.17) is 11.2 Å². The van der Waals surface area contributed by atoms with Gasteiger partial charge in [0.15, 0.2) is 0 Å². The maximum Gasteiger partial charge on any atom is 0.0593 e. The maximum atomic E-state index is 5.55. The van der Waals surface area contributed by atoms with E-state index < -0.39 is 0 Å². The van der Waals surface area contributed by atoms with Gasteiger partial charge in [0.1, 0.15) is 0 Å².